The van der Waals surface area contributed by atoms with Crippen LogP contribution in [0.1, 0.15) is 35.5 Å². The summed E-state index contributed by atoms with van der Waals surface area (Å²) in [6.45, 7) is 4.11. The standard InChI is InChI=1S/C18H18N6O2/c1-18(2)7-9-8-20-17(19)22-13(9)14-12(18)15(24-23-14)16(26)21-10-3-5-11(25)6-4-10/h3-6,8,25H,7H2,1-2H3,(H,21,26)(H,23,24)(H2,19,20,22). The molecule has 0 spiro atoms. The van der Waals surface area contributed by atoms with Gasteiger partial charge in [-0.2, -0.15) is 5.10 Å². The van der Waals surface area contributed by atoms with Crippen molar-refractivity contribution < 1.29 is 9.90 Å². The number of carbonyl (C=O) groups is 1. The van der Waals surface area contributed by atoms with Gasteiger partial charge in [-0.05, 0) is 41.7 Å². The number of H-pyrrole nitrogens is 1. The van der Waals surface area contributed by atoms with E-state index in [1.54, 1.807) is 18.3 Å². The number of hydrogen-bond acceptors (Lipinski definition) is 6. The van der Waals surface area contributed by atoms with Crippen LogP contribution in [-0.4, -0.2) is 31.2 Å². The van der Waals surface area contributed by atoms with Gasteiger partial charge in [-0.25, -0.2) is 9.97 Å². The summed E-state index contributed by atoms with van der Waals surface area (Å²) in [7, 11) is 0. The van der Waals surface area contributed by atoms with Gasteiger partial charge in [0.15, 0.2) is 0 Å². The van der Waals surface area contributed by atoms with E-state index in [1.807, 2.05) is 0 Å². The molecule has 2 heterocycles. The minimum atomic E-state index is -0.323. The summed E-state index contributed by atoms with van der Waals surface area (Å²) in [6.07, 6.45) is 2.39. The molecule has 1 aliphatic rings. The van der Waals surface area contributed by atoms with Crippen LogP contribution in [0.15, 0.2) is 30.5 Å². The van der Waals surface area contributed by atoms with Crippen molar-refractivity contribution in [3.05, 3.63) is 47.3 Å². The van der Waals surface area contributed by atoms with Crippen molar-refractivity contribution >= 4 is 17.5 Å². The molecule has 1 aliphatic carbocycles. The molecule has 2 aromatic heterocycles. The first-order valence-corrected chi connectivity index (χ1v) is 8.16. The van der Waals surface area contributed by atoms with Crippen LogP contribution in [0.5, 0.6) is 5.75 Å². The van der Waals surface area contributed by atoms with Crippen molar-refractivity contribution in [1.29, 1.82) is 0 Å². The minimum Gasteiger partial charge on any atom is -0.508 e. The van der Waals surface area contributed by atoms with E-state index in [0.717, 1.165) is 11.1 Å². The van der Waals surface area contributed by atoms with Gasteiger partial charge >= 0.3 is 0 Å². The number of nitrogens with two attached hydrogens (primary N) is 1. The first kappa shape index (κ1) is 16.1. The van der Waals surface area contributed by atoms with Crippen LogP contribution in [0.2, 0.25) is 0 Å². The average Bonchev–Trinajstić information content (AvgIpc) is 3.04. The molecule has 8 heteroatoms. The molecule has 5 N–H and O–H groups in total. The number of anilines is 2. The Labute approximate surface area is 149 Å². The summed E-state index contributed by atoms with van der Waals surface area (Å²) in [6, 6.07) is 6.28. The van der Waals surface area contributed by atoms with Crippen molar-refractivity contribution in [3.8, 4) is 17.1 Å². The highest BCUT2D eigenvalue weighted by molar-refractivity contribution is 6.05. The molecule has 4 rings (SSSR count). The Bertz CT molecular complexity index is 1010. The lowest BCUT2D eigenvalue weighted by Gasteiger charge is -2.30. The van der Waals surface area contributed by atoms with Gasteiger partial charge < -0.3 is 16.2 Å². The molecule has 0 aliphatic heterocycles. The van der Waals surface area contributed by atoms with E-state index >= 15 is 0 Å². The normalized spacial score (nSPS) is 14.4. The third kappa shape index (κ3) is 2.55. The Balaban J connectivity index is 1.76. The number of aromatic hydroxyl groups is 1. The van der Waals surface area contributed by atoms with E-state index in [1.165, 1.54) is 12.1 Å². The Morgan fingerprint density at radius 3 is 2.73 bits per heavy atom. The van der Waals surface area contributed by atoms with E-state index in [9.17, 15) is 9.90 Å². The maximum atomic E-state index is 12.8. The summed E-state index contributed by atoms with van der Waals surface area (Å²) in [5, 5.41) is 19.4. The summed E-state index contributed by atoms with van der Waals surface area (Å²) in [5.74, 6) is 0.00688. The zero-order valence-electron chi connectivity index (χ0n) is 14.4. The molecule has 0 unspecified atom stereocenters. The van der Waals surface area contributed by atoms with E-state index in [-0.39, 0.29) is 23.0 Å². The first-order chi connectivity index (χ1) is 12.3. The van der Waals surface area contributed by atoms with Crippen LogP contribution in [0.25, 0.3) is 11.4 Å². The van der Waals surface area contributed by atoms with Crippen LogP contribution < -0.4 is 11.1 Å². The van der Waals surface area contributed by atoms with Crippen molar-refractivity contribution in [3.63, 3.8) is 0 Å². The second-order valence-electron chi connectivity index (χ2n) is 6.99. The van der Waals surface area contributed by atoms with Crippen molar-refractivity contribution in [1.82, 2.24) is 20.2 Å². The fourth-order valence-electron chi connectivity index (χ4n) is 3.39. The molecule has 0 atom stereocenters. The van der Waals surface area contributed by atoms with E-state index in [0.29, 0.717) is 29.2 Å². The average molecular weight is 350 g/mol. The smallest absolute Gasteiger partial charge is 0.273 e. The van der Waals surface area contributed by atoms with Gasteiger partial charge in [0.25, 0.3) is 5.91 Å². The highest BCUT2D eigenvalue weighted by Crippen LogP contribution is 2.42. The fourth-order valence-corrected chi connectivity index (χ4v) is 3.39. The topological polar surface area (TPSA) is 130 Å². The van der Waals surface area contributed by atoms with Gasteiger partial charge in [0, 0.05) is 17.4 Å². The second kappa shape index (κ2) is 5.55. The monoisotopic (exact) mass is 350 g/mol. The van der Waals surface area contributed by atoms with E-state index < -0.39 is 0 Å². The summed E-state index contributed by atoms with van der Waals surface area (Å²) < 4.78 is 0. The maximum absolute atomic E-state index is 12.8. The predicted octanol–water partition coefficient (Wildman–Crippen LogP) is 2.24. The minimum absolute atomic E-state index is 0.136. The number of fused-ring (bicyclic) bond motifs is 3. The lowest BCUT2D eigenvalue weighted by Crippen LogP contribution is -2.29. The Kier molecular flexibility index (Phi) is 3.43. The third-order valence-corrected chi connectivity index (χ3v) is 4.54. The van der Waals surface area contributed by atoms with Crippen molar-refractivity contribution in [2.45, 2.75) is 25.7 Å². The van der Waals surface area contributed by atoms with Crippen LogP contribution in [0, 0.1) is 0 Å². The largest absolute Gasteiger partial charge is 0.508 e. The van der Waals surface area contributed by atoms with Gasteiger partial charge in [-0.3, -0.25) is 9.89 Å². The number of nitrogen functional groups attached to an aromatic ring is 1. The molecule has 0 bridgehead atoms. The van der Waals surface area contributed by atoms with E-state index in [2.05, 4.69) is 39.3 Å². The molecule has 26 heavy (non-hydrogen) atoms. The number of amides is 1. The molecule has 132 valence electrons. The van der Waals surface area contributed by atoms with Crippen LogP contribution >= 0.6 is 0 Å². The molecule has 0 radical (unpaired) electrons. The lowest BCUT2D eigenvalue weighted by atomic mass is 9.73. The Morgan fingerprint density at radius 1 is 1.27 bits per heavy atom. The number of carbonyl (C=O) groups excluding carboxylic acids is 1. The number of aromatic amines is 1. The quantitative estimate of drug-likeness (QED) is 0.524. The van der Waals surface area contributed by atoms with Gasteiger partial charge in [-0.15, -0.1) is 0 Å². The number of nitrogens with one attached hydrogen (secondary N) is 2. The Morgan fingerprint density at radius 2 is 2.00 bits per heavy atom. The fraction of sp³-hybridized carbons (Fsp3) is 0.222. The van der Waals surface area contributed by atoms with Gasteiger partial charge in [0.05, 0.1) is 5.69 Å². The highest BCUT2D eigenvalue weighted by atomic mass is 16.3. The number of phenolic OH excluding ortho intramolecular Hbond substituents is 1. The molecule has 0 fully saturated rings. The summed E-state index contributed by atoms with van der Waals surface area (Å²) in [5.41, 5.74) is 9.42. The molecule has 8 nitrogen and oxygen atoms in total. The van der Waals surface area contributed by atoms with Gasteiger partial charge in [0.2, 0.25) is 5.95 Å². The molecular weight excluding hydrogens is 332 g/mol. The summed E-state index contributed by atoms with van der Waals surface area (Å²) in [4.78, 5) is 21.2. The molecule has 0 saturated heterocycles. The molecule has 1 amide bonds. The van der Waals surface area contributed by atoms with Crippen molar-refractivity contribution in [2.75, 3.05) is 11.1 Å². The number of phenols is 1. The molecular formula is C18H18N6O2. The molecule has 0 saturated carbocycles. The molecule has 1 aromatic carbocycles. The summed E-state index contributed by atoms with van der Waals surface area (Å²) >= 11 is 0. The third-order valence-electron chi connectivity index (χ3n) is 4.54. The Hall–Kier alpha value is -3.42. The predicted molar refractivity (Wildman–Crippen MR) is 96.8 cm³/mol. The number of hydrogen-bond donors (Lipinski definition) is 4. The first-order valence-electron chi connectivity index (χ1n) is 8.16. The number of nitrogens with zero attached hydrogens (tertiary/aromatic N) is 3. The number of rotatable bonds is 2. The zero-order chi connectivity index (χ0) is 18.5. The second-order valence-corrected chi connectivity index (χ2v) is 6.99. The van der Waals surface area contributed by atoms with Gasteiger partial charge in [0.1, 0.15) is 17.1 Å². The van der Waals surface area contributed by atoms with Crippen LogP contribution in [0.3, 0.4) is 0 Å². The lowest BCUT2D eigenvalue weighted by molar-refractivity contribution is 0.102. The van der Waals surface area contributed by atoms with Gasteiger partial charge in [-0.1, -0.05) is 13.8 Å². The SMILES string of the molecule is CC1(C)Cc2cnc(N)nc2-c2n[nH]c(C(=O)Nc3ccc(O)cc3)c21. The highest BCUT2D eigenvalue weighted by Gasteiger charge is 2.38. The van der Waals surface area contributed by atoms with E-state index in [4.69, 9.17) is 5.73 Å². The zero-order valence-corrected chi connectivity index (χ0v) is 14.4. The molecule has 3 aromatic rings. The van der Waals surface area contributed by atoms with Crippen molar-refractivity contribution in [2.24, 2.45) is 0 Å². The van der Waals surface area contributed by atoms with Crippen LogP contribution in [-0.2, 0) is 11.8 Å². The van der Waals surface area contributed by atoms with Crippen LogP contribution in [0.4, 0.5) is 11.6 Å². The number of benzene rings is 1. The maximum Gasteiger partial charge on any atom is 0.273 e. The number of aromatic nitrogens is 4.